The van der Waals surface area contributed by atoms with Crippen LogP contribution in [0.5, 0.6) is 0 Å². The molecule has 0 N–H and O–H groups in total. The molecule has 0 saturated carbocycles. The number of benzene rings is 1. The van der Waals surface area contributed by atoms with Gasteiger partial charge in [-0.05, 0) is 55.5 Å². The summed E-state index contributed by atoms with van der Waals surface area (Å²) in [6.07, 6.45) is 3.37. The van der Waals surface area contributed by atoms with Crippen LogP contribution in [0.25, 0.3) is 22.1 Å². The van der Waals surface area contributed by atoms with E-state index >= 15 is 0 Å². The lowest BCUT2D eigenvalue weighted by Crippen LogP contribution is -2.38. The molecule has 7 nitrogen and oxygen atoms in total. The highest BCUT2D eigenvalue weighted by Gasteiger charge is 2.29. The molecule has 1 aromatic carbocycles. The van der Waals surface area contributed by atoms with E-state index in [1.165, 1.54) is 4.88 Å². The molecule has 0 unspecified atom stereocenters. The van der Waals surface area contributed by atoms with Gasteiger partial charge >= 0.3 is 0 Å². The van der Waals surface area contributed by atoms with Gasteiger partial charge in [0.05, 0.1) is 23.7 Å². The number of hydrogen-bond donors (Lipinski definition) is 0. The highest BCUT2D eigenvalue weighted by Crippen LogP contribution is 2.32. The molecular formula is C25H22ClN5O2S. The lowest BCUT2D eigenvalue weighted by molar-refractivity contribution is 0.0708. The fourth-order valence-electron chi connectivity index (χ4n) is 4.61. The number of nitrogens with zero attached hydrogens (tertiary/aromatic N) is 5. The van der Waals surface area contributed by atoms with Crippen molar-refractivity contribution in [3.63, 3.8) is 0 Å². The van der Waals surface area contributed by atoms with Gasteiger partial charge in [0.25, 0.3) is 5.91 Å². The number of carbonyl (C=O) groups is 1. The Morgan fingerprint density at radius 2 is 2.06 bits per heavy atom. The van der Waals surface area contributed by atoms with Crippen LogP contribution in [-0.2, 0) is 6.54 Å². The third kappa shape index (κ3) is 3.86. The summed E-state index contributed by atoms with van der Waals surface area (Å²) in [5.41, 5.74) is 3.73. The maximum atomic E-state index is 13.5. The second kappa shape index (κ2) is 8.52. The van der Waals surface area contributed by atoms with Crippen LogP contribution in [0.15, 0.2) is 52.4 Å². The molecule has 0 aliphatic carbocycles. The third-order valence-corrected chi connectivity index (χ3v) is 7.45. The highest BCUT2D eigenvalue weighted by atomic mass is 35.5. The van der Waals surface area contributed by atoms with Crippen LogP contribution < -0.4 is 0 Å². The summed E-state index contributed by atoms with van der Waals surface area (Å²) in [6, 6.07) is 11.5. The second-order valence-corrected chi connectivity index (χ2v) is 10.1. The zero-order chi connectivity index (χ0) is 23.2. The van der Waals surface area contributed by atoms with Gasteiger partial charge in [0.15, 0.2) is 17.1 Å². The number of carbonyl (C=O) groups excluding carboxylic acids is 1. The summed E-state index contributed by atoms with van der Waals surface area (Å²) in [5.74, 6) is 0.929. The van der Waals surface area contributed by atoms with E-state index in [9.17, 15) is 4.79 Å². The highest BCUT2D eigenvalue weighted by molar-refractivity contribution is 7.09. The number of aromatic nitrogens is 4. The smallest absolute Gasteiger partial charge is 0.254 e. The minimum atomic E-state index is 0.0222. The van der Waals surface area contributed by atoms with Gasteiger partial charge < -0.3 is 9.32 Å². The Hall–Kier alpha value is -3.23. The van der Waals surface area contributed by atoms with E-state index in [2.05, 4.69) is 21.1 Å². The topological polar surface area (TPSA) is 77.0 Å². The fraction of sp³-hybridized carbons (Fsp3) is 0.280. The number of oxazole rings is 1. The normalized spacial score (nSPS) is 14.9. The largest absolute Gasteiger partial charge is 0.440 e. The minimum Gasteiger partial charge on any atom is -0.440 e. The minimum absolute atomic E-state index is 0.0222. The molecule has 5 heterocycles. The number of thiophene rings is 1. The second-order valence-electron chi connectivity index (χ2n) is 8.66. The van der Waals surface area contributed by atoms with Gasteiger partial charge in [-0.3, -0.25) is 4.79 Å². The maximum absolute atomic E-state index is 13.5. The maximum Gasteiger partial charge on any atom is 0.254 e. The van der Waals surface area contributed by atoms with Crippen molar-refractivity contribution < 1.29 is 9.21 Å². The Morgan fingerprint density at radius 3 is 2.85 bits per heavy atom. The Labute approximate surface area is 205 Å². The molecule has 6 rings (SSSR count). The molecule has 0 bridgehead atoms. The van der Waals surface area contributed by atoms with Crippen molar-refractivity contribution in [2.75, 3.05) is 13.1 Å². The lowest BCUT2D eigenvalue weighted by Gasteiger charge is -2.30. The average molecular weight is 492 g/mol. The van der Waals surface area contributed by atoms with Crippen molar-refractivity contribution >= 4 is 51.0 Å². The molecule has 0 radical (unpaired) electrons. The Kier molecular flexibility index (Phi) is 5.34. The molecular weight excluding hydrogens is 470 g/mol. The number of rotatable bonds is 4. The van der Waals surface area contributed by atoms with E-state index in [1.807, 2.05) is 46.2 Å². The number of piperidine rings is 1. The average Bonchev–Trinajstić information content (AvgIpc) is 3.59. The number of fused-ring (bicyclic) bond motifs is 2. The molecule has 5 aromatic rings. The molecule has 172 valence electrons. The first-order chi connectivity index (χ1) is 16.5. The van der Waals surface area contributed by atoms with Crippen molar-refractivity contribution in [3.05, 3.63) is 75.0 Å². The van der Waals surface area contributed by atoms with Gasteiger partial charge in [-0.2, -0.15) is 5.10 Å². The van der Waals surface area contributed by atoms with E-state index in [4.69, 9.17) is 16.0 Å². The number of likely N-dealkylation sites (tertiary alicyclic amines) is 1. The molecule has 34 heavy (non-hydrogen) atoms. The Morgan fingerprint density at radius 1 is 1.21 bits per heavy atom. The van der Waals surface area contributed by atoms with Crippen LogP contribution in [0.3, 0.4) is 0 Å². The Bertz CT molecular complexity index is 1500. The van der Waals surface area contributed by atoms with Crippen LogP contribution in [0.2, 0.25) is 5.02 Å². The molecule has 1 aliphatic rings. The standard InChI is InChI=1S/C25H22ClN5O2S/c1-15-11-19(20-13-27-31(23(20)28-15)14-18-3-2-10-34-18)25(32)30-8-6-16(7-9-30)24-29-21-12-17(26)4-5-22(21)33-24/h2-5,10-13,16H,6-9,14H2,1H3. The molecule has 1 aliphatic heterocycles. The van der Waals surface area contributed by atoms with E-state index in [-0.39, 0.29) is 11.8 Å². The van der Waals surface area contributed by atoms with Crippen LogP contribution in [-0.4, -0.2) is 43.6 Å². The van der Waals surface area contributed by atoms with Gasteiger partial charge in [0.2, 0.25) is 0 Å². The predicted molar refractivity (Wildman–Crippen MR) is 133 cm³/mol. The Balaban J connectivity index is 1.22. The van der Waals surface area contributed by atoms with Crippen molar-refractivity contribution in [2.24, 2.45) is 0 Å². The van der Waals surface area contributed by atoms with Gasteiger partial charge in [0, 0.05) is 34.6 Å². The predicted octanol–water partition coefficient (Wildman–Crippen LogP) is 5.66. The third-order valence-electron chi connectivity index (χ3n) is 6.35. The van der Waals surface area contributed by atoms with Crippen molar-refractivity contribution in [1.29, 1.82) is 0 Å². The summed E-state index contributed by atoms with van der Waals surface area (Å²) >= 11 is 7.76. The molecule has 1 saturated heterocycles. The first-order valence-corrected chi connectivity index (χ1v) is 12.5. The zero-order valence-corrected chi connectivity index (χ0v) is 20.1. The SMILES string of the molecule is Cc1cc(C(=O)N2CCC(c3nc4cc(Cl)ccc4o3)CC2)c2cnn(Cc3cccs3)c2n1. The van der Waals surface area contributed by atoms with Gasteiger partial charge in [0.1, 0.15) is 5.52 Å². The summed E-state index contributed by atoms with van der Waals surface area (Å²) in [5, 5.41) is 8.03. The van der Waals surface area contributed by atoms with Gasteiger partial charge in [-0.1, -0.05) is 17.7 Å². The van der Waals surface area contributed by atoms with Crippen molar-refractivity contribution in [3.8, 4) is 0 Å². The van der Waals surface area contributed by atoms with Crippen LogP contribution >= 0.6 is 22.9 Å². The fourth-order valence-corrected chi connectivity index (χ4v) is 5.46. The van der Waals surface area contributed by atoms with Crippen LogP contribution in [0, 0.1) is 6.92 Å². The number of halogens is 1. The molecule has 1 amide bonds. The molecule has 9 heteroatoms. The zero-order valence-electron chi connectivity index (χ0n) is 18.6. The number of hydrogen-bond acceptors (Lipinski definition) is 6. The quantitative estimate of drug-likeness (QED) is 0.324. The van der Waals surface area contributed by atoms with E-state index in [0.717, 1.165) is 46.6 Å². The lowest BCUT2D eigenvalue weighted by atomic mass is 9.96. The van der Waals surface area contributed by atoms with Crippen LogP contribution in [0.1, 0.15) is 45.6 Å². The van der Waals surface area contributed by atoms with Crippen molar-refractivity contribution in [1.82, 2.24) is 24.6 Å². The monoisotopic (exact) mass is 491 g/mol. The summed E-state index contributed by atoms with van der Waals surface area (Å²) < 4.78 is 7.84. The van der Waals surface area contributed by atoms with Gasteiger partial charge in [-0.25, -0.2) is 14.6 Å². The molecule has 4 aromatic heterocycles. The summed E-state index contributed by atoms with van der Waals surface area (Å²) in [4.78, 5) is 26.0. The van der Waals surface area contributed by atoms with E-state index in [1.54, 1.807) is 23.6 Å². The first-order valence-electron chi connectivity index (χ1n) is 11.3. The van der Waals surface area contributed by atoms with Gasteiger partial charge in [-0.15, -0.1) is 11.3 Å². The van der Waals surface area contributed by atoms with Crippen LogP contribution in [0.4, 0.5) is 0 Å². The molecule has 0 atom stereocenters. The van der Waals surface area contributed by atoms with E-state index < -0.39 is 0 Å². The summed E-state index contributed by atoms with van der Waals surface area (Å²) in [6.45, 7) is 3.86. The van der Waals surface area contributed by atoms with Crippen molar-refractivity contribution in [2.45, 2.75) is 32.2 Å². The summed E-state index contributed by atoms with van der Waals surface area (Å²) in [7, 11) is 0. The number of amides is 1. The van der Waals surface area contributed by atoms with E-state index in [0.29, 0.717) is 30.2 Å². The number of pyridine rings is 1. The molecule has 0 spiro atoms. The molecule has 1 fully saturated rings. The number of aryl methyl sites for hydroxylation is 1. The first kappa shape index (κ1) is 21.3.